The standard InChI is InChI=1S/C15H17ClN2OS/c1-15(2,3)13(14(19)18-9-8-17-10-18)20-12-6-4-11(16)5-7-12/h4-10,13H,1-3H3. The number of hydrogen-bond acceptors (Lipinski definition) is 3. The van der Waals surface area contributed by atoms with Crippen LogP contribution in [-0.4, -0.2) is 20.7 Å². The SMILES string of the molecule is CC(C)(C)C(Sc1ccc(Cl)cc1)C(=O)n1ccnc1. The summed E-state index contributed by atoms with van der Waals surface area (Å²) in [6, 6.07) is 7.55. The molecule has 0 bridgehead atoms. The van der Waals surface area contributed by atoms with E-state index < -0.39 is 0 Å². The topological polar surface area (TPSA) is 34.9 Å². The monoisotopic (exact) mass is 308 g/mol. The van der Waals surface area contributed by atoms with Crippen LogP contribution in [0.5, 0.6) is 0 Å². The largest absolute Gasteiger partial charge is 0.275 e. The second kappa shape index (κ2) is 6.02. The molecule has 1 aromatic heterocycles. The Morgan fingerprint density at radius 2 is 1.95 bits per heavy atom. The van der Waals surface area contributed by atoms with E-state index in [1.54, 1.807) is 35.0 Å². The molecule has 0 saturated carbocycles. The molecule has 1 aromatic carbocycles. The fourth-order valence-corrected chi connectivity index (χ4v) is 3.04. The summed E-state index contributed by atoms with van der Waals surface area (Å²) >= 11 is 7.45. The van der Waals surface area contributed by atoms with E-state index in [1.165, 1.54) is 0 Å². The van der Waals surface area contributed by atoms with Gasteiger partial charge in [-0.05, 0) is 29.7 Å². The Morgan fingerprint density at radius 1 is 1.30 bits per heavy atom. The van der Waals surface area contributed by atoms with Gasteiger partial charge in [-0.2, -0.15) is 0 Å². The van der Waals surface area contributed by atoms with Crippen LogP contribution in [0.2, 0.25) is 5.02 Å². The molecule has 0 saturated heterocycles. The van der Waals surface area contributed by atoms with Crippen LogP contribution >= 0.6 is 23.4 Å². The van der Waals surface area contributed by atoms with Crippen LogP contribution in [-0.2, 0) is 0 Å². The van der Waals surface area contributed by atoms with Crippen molar-refractivity contribution in [2.45, 2.75) is 30.9 Å². The van der Waals surface area contributed by atoms with Crippen LogP contribution in [0, 0.1) is 5.41 Å². The van der Waals surface area contributed by atoms with Crippen molar-refractivity contribution in [2.24, 2.45) is 5.41 Å². The highest BCUT2D eigenvalue weighted by Gasteiger charge is 2.33. The summed E-state index contributed by atoms with van der Waals surface area (Å²) in [4.78, 5) is 17.6. The number of thioether (sulfide) groups is 1. The fraction of sp³-hybridized carbons (Fsp3) is 0.333. The van der Waals surface area contributed by atoms with Crippen LogP contribution in [0.4, 0.5) is 0 Å². The molecule has 1 unspecified atom stereocenters. The number of imidazole rings is 1. The van der Waals surface area contributed by atoms with Crippen molar-refractivity contribution in [1.82, 2.24) is 9.55 Å². The maximum atomic E-state index is 12.6. The average molecular weight is 309 g/mol. The second-order valence-electron chi connectivity index (χ2n) is 5.63. The molecular formula is C15H17ClN2OS. The maximum absolute atomic E-state index is 12.6. The normalized spacial score (nSPS) is 13.2. The lowest BCUT2D eigenvalue weighted by Gasteiger charge is -2.28. The molecule has 0 aliphatic rings. The van der Waals surface area contributed by atoms with Crippen molar-refractivity contribution < 1.29 is 4.79 Å². The van der Waals surface area contributed by atoms with Gasteiger partial charge in [-0.25, -0.2) is 4.98 Å². The van der Waals surface area contributed by atoms with Gasteiger partial charge >= 0.3 is 0 Å². The Kier molecular flexibility index (Phi) is 4.55. The van der Waals surface area contributed by atoms with E-state index in [-0.39, 0.29) is 16.6 Å². The minimum atomic E-state index is -0.196. The van der Waals surface area contributed by atoms with Gasteiger partial charge in [0.05, 0.1) is 5.25 Å². The molecule has 106 valence electrons. The Bertz CT molecular complexity index is 573. The molecule has 0 fully saturated rings. The van der Waals surface area contributed by atoms with Gasteiger partial charge in [0.15, 0.2) is 0 Å². The summed E-state index contributed by atoms with van der Waals surface area (Å²) in [5.74, 6) is 0.0370. The van der Waals surface area contributed by atoms with E-state index in [0.29, 0.717) is 5.02 Å². The lowest BCUT2D eigenvalue weighted by molar-refractivity contribution is 0.0868. The van der Waals surface area contributed by atoms with Crippen molar-refractivity contribution in [1.29, 1.82) is 0 Å². The first-order valence-corrected chi connectivity index (χ1v) is 7.58. The summed E-state index contributed by atoms with van der Waals surface area (Å²) in [7, 11) is 0. The van der Waals surface area contributed by atoms with E-state index in [0.717, 1.165) is 4.90 Å². The highest BCUT2D eigenvalue weighted by atomic mass is 35.5. The summed E-state index contributed by atoms with van der Waals surface area (Å²) in [6.45, 7) is 6.19. The Labute approximate surface area is 128 Å². The fourth-order valence-electron chi connectivity index (χ4n) is 1.77. The van der Waals surface area contributed by atoms with Gasteiger partial charge < -0.3 is 0 Å². The van der Waals surface area contributed by atoms with E-state index in [2.05, 4.69) is 25.8 Å². The zero-order chi connectivity index (χ0) is 14.8. The zero-order valence-electron chi connectivity index (χ0n) is 11.7. The molecule has 1 atom stereocenters. The molecule has 5 heteroatoms. The zero-order valence-corrected chi connectivity index (χ0v) is 13.3. The molecule has 0 aliphatic carbocycles. The summed E-state index contributed by atoms with van der Waals surface area (Å²) in [6.07, 6.45) is 4.84. The minimum absolute atomic E-state index is 0.0370. The number of aromatic nitrogens is 2. The quantitative estimate of drug-likeness (QED) is 0.789. The highest BCUT2D eigenvalue weighted by Crippen LogP contribution is 2.36. The van der Waals surface area contributed by atoms with Gasteiger partial charge in [0, 0.05) is 22.3 Å². The first kappa shape index (κ1) is 15.1. The van der Waals surface area contributed by atoms with Crippen molar-refractivity contribution in [2.75, 3.05) is 0 Å². The Morgan fingerprint density at radius 3 is 2.45 bits per heavy atom. The summed E-state index contributed by atoms with van der Waals surface area (Å²) < 4.78 is 1.54. The van der Waals surface area contributed by atoms with Crippen LogP contribution in [0.25, 0.3) is 0 Å². The maximum Gasteiger partial charge on any atom is 0.245 e. The van der Waals surface area contributed by atoms with Gasteiger partial charge in [0.25, 0.3) is 0 Å². The number of rotatable bonds is 3. The van der Waals surface area contributed by atoms with E-state index in [1.807, 2.05) is 24.3 Å². The smallest absolute Gasteiger partial charge is 0.245 e. The first-order chi connectivity index (χ1) is 9.38. The molecule has 0 spiro atoms. The lowest BCUT2D eigenvalue weighted by atomic mass is 9.91. The molecule has 2 aromatic rings. The highest BCUT2D eigenvalue weighted by molar-refractivity contribution is 8.00. The molecule has 0 radical (unpaired) electrons. The Hall–Kier alpha value is -1.26. The number of hydrogen-bond donors (Lipinski definition) is 0. The van der Waals surface area contributed by atoms with E-state index >= 15 is 0 Å². The minimum Gasteiger partial charge on any atom is -0.275 e. The third-order valence-electron chi connectivity index (χ3n) is 2.84. The van der Waals surface area contributed by atoms with Crippen molar-refractivity contribution in [3.05, 3.63) is 48.0 Å². The predicted molar refractivity (Wildman–Crippen MR) is 83.4 cm³/mol. The molecule has 0 aliphatic heterocycles. The molecule has 20 heavy (non-hydrogen) atoms. The number of halogens is 1. The summed E-state index contributed by atoms with van der Waals surface area (Å²) in [5, 5.41) is 0.500. The third-order valence-corrected chi connectivity index (χ3v) is 4.78. The van der Waals surface area contributed by atoms with Gasteiger partial charge in [-0.1, -0.05) is 32.4 Å². The second-order valence-corrected chi connectivity index (χ2v) is 7.24. The predicted octanol–water partition coefficient (Wildman–Crippen LogP) is 4.38. The van der Waals surface area contributed by atoms with Gasteiger partial charge in [-0.15, -0.1) is 11.8 Å². The third kappa shape index (κ3) is 3.64. The first-order valence-electron chi connectivity index (χ1n) is 6.32. The number of nitrogens with zero attached hydrogens (tertiary/aromatic N) is 2. The van der Waals surface area contributed by atoms with Crippen LogP contribution < -0.4 is 0 Å². The van der Waals surface area contributed by atoms with E-state index in [9.17, 15) is 4.79 Å². The van der Waals surface area contributed by atoms with Crippen molar-refractivity contribution in [3.8, 4) is 0 Å². The number of benzene rings is 1. The van der Waals surface area contributed by atoms with Crippen LogP contribution in [0.3, 0.4) is 0 Å². The van der Waals surface area contributed by atoms with Crippen molar-refractivity contribution >= 4 is 29.3 Å². The average Bonchev–Trinajstić information content (AvgIpc) is 2.89. The number of carbonyl (C=O) groups excluding carboxylic acids is 1. The van der Waals surface area contributed by atoms with E-state index in [4.69, 9.17) is 11.6 Å². The van der Waals surface area contributed by atoms with Crippen LogP contribution in [0.15, 0.2) is 47.9 Å². The number of carbonyl (C=O) groups is 1. The van der Waals surface area contributed by atoms with Gasteiger partial charge in [0.2, 0.25) is 5.91 Å². The van der Waals surface area contributed by atoms with Crippen LogP contribution in [0.1, 0.15) is 25.6 Å². The summed E-state index contributed by atoms with van der Waals surface area (Å²) in [5.41, 5.74) is -0.161. The molecular weight excluding hydrogens is 292 g/mol. The van der Waals surface area contributed by atoms with Gasteiger partial charge in [-0.3, -0.25) is 9.36 Å². The molecule has 0 N–H and O–H groups in total. The molecule has 3 nitrogen and oxygen atoms in total. The van der Waals surface area contributed by atoms with Gasteiger partial charge in [0.1, 0.15) is 6.33 Å². The molecule has 1 heterocycles. The molecule has 2 rings (SSSR count). The lowest BCUT2D eigenvalue weighted by Crippen LogP contribution is -2.34. The van der Waals surface area contributed by atoms with Crippen molar-refractivity contribution in [3.63, 3.8) is 0 Å². The Balaban J connectivity index is 2.25. The molecule has 0 amide bonds.